The van der Waals surface area contributed by atoms with E-state index in [4.69, 9.17) is 5.26 Å². The molecule has 1 aromatic rings. The smallest absolute Gasteiger partial charge is 0.137 e. The van der Waals surface area contributed by atoms with Gasteiger partial charge in [-0.05, 0) is 12.1 Å². The van der Waals surface area contributed by atoms with Crippen molar-refractivity contribution < 1.29 is 4.21 Å². The summed E-state index contributed by atoms with van der Waals surface area (Å²) in [5.41, 5.74) is 0.493. The lowest BCUT2D eigenvalue weighted by Gasteiger charge is -2.01. The van der Waals surface area contributed by atoms with E-state index in [1.54, 1.807) is 12.1 Å². The van der Waals surface area contributed by atoms with E-state index in [1.165, 1.54) is 6.20 Å². The summed E-state index contributed by atoms with van der Waals surface area (Å²) < 4.78 is 13.7. The summed E-state index contributed by atoms with van der Waals surface area (Å²) in [6, 6.07) is 5.21. The molecule has 0 spiro atoms. The Morgan fingerprint density at radius 2 is 2.46 bits per heavy atom. The summed E-state index contributed by atoms with van der Waals surface area (Å²) in [5, 5.41) is 8.49. The number of aromatic nitrogens is 1. The fraction of sp³-hybridized carbons (Fsp3) is 0.250. The quantitative estimate of drug-likeness (QED) is 0.783. The van der Waals surface area contributed by atoms with Gasteiger partial charge in [-0.2, -0.15) is 5.26 Å². The van der Waals surface area contributed by atoms with Gasteiger partial charge in [-0.1, -0.05) is 6.92 Å². The summed E-state index contributed by atoms with van der Waals surface area (Å²) in [4.78, 5) is 3.91. The third kappa shape index (κ3) is 2.84. The Balaban J connectivity index is 2.71. The number of nitriles is 1. The summed E-state index contributed by atoms with van der Waals surface area (Å²) in [6.45, 7) is 1.81. The van der Waals surface area contributed by atoms with Crippen LogP contribution in [0.5, 0.6) is 0 Å². The van der Waals surface area contributed by atoms with Crippen molar-refractivity contribution in [1.82, 2.24) is 4.98 Å². The van der Waals surface area contributed by atoms with Crippen molar-refractivity contribution in [2.24, 2.45) is 0 Å². The summed E-state index contributed by atoms with van der Waals surface area (Å²) >= 11 is 0. The average molecular weight is 195 g/mol. The highest BCUT2D eigenvalue weighted by molar-refractivity contribution is 7.86. The van der Waals surface area contributed by atoms with Crippen LogP contribution in [0.4, 0.5) is 5.82 Å². The van der Waals surface area contributed by atoms with E-state index >= 15 is 0 Å². The second-order valence-electron chi connectivity index (χ2n) is 2.28. The first-order chi connectivity index (χ1) is 6.26. The first-order valence-electron chi connectivity index (χ1n) is 3.77. The number of nitrogens with one attached hydrogen (secondary N) is 1. The summed E-state index contributed by atoms with van der Waals surface area (Å²) in [7, 11) is -1.08. The largest absolute Gasteiger partial charge is 0.289 e. The zero-order valence-electron chi connectivity index (χ0n) is 7.15. The first-order valence-corrected chi connectivity index (χ1v) is 5.09. The Bertz CT molecular complexity index is 341. The van der Waals surface area contributed by atoms with E-state index in [9.17, 15) is 4.21 Å². The third-order valence-electron chi connectivity index (χ3n) is 1.37. The molecule has 1 N–H and O–H groups in total. The number of anilines is 1. The molecule has 0 saturated carbocycles. The average Bonchev–Trinajstić information content (AvgIpc) is 2.19. The van der Waals surface area contributed by atoms with E-state index in [0.717, 1.165) is 0 Å². The standard InChI is InChI=1S/C8H9N3OS/c1-2-13(12)11-8-4-3-7(5-9)6-10-8/h3-4,6H,2H2,1H3,(H,10,11). The normalized spacial score (nSPS) is 11.7. The van der Waals surface area contributed by atoms with Crippen molar-refractivity contribution in [3.8, 4) is 6.07 Å². The van der Waals surface area contributed by atoms with E-state index in [1.807, 2.05) is 13.0 Å². The van der Waals surface area contributed by atoms with Crippen LogP contribution in [0.15, 0.2) is 18.3 Å². The van der Waals surface area contributed by atoms with Crippen LogP contribution < -0.4 is 4.72 Å². The van der Waals surface area contributed by atoms with Gasteiger partial charge in [0.2, 0.25) is 0 Å². The van der Waals surface area contributed by atoms with E-state index < -0.39 is 11.0 Å². The molecule has 5 heteroatoms. The molecule has 0 aliphatic heterocycles. The molecular formula is C8H9N3OS. The van der Waals surface area contributed by atoms with Crippen LogP contribution in [-0.4, -0.2) is 14.9 Å². The molecule has 1 aromatic heterocycles. The number of hydrogen-bond acceptors (Lipinski definition) is 3. The molecule has 0 fully saturated rings. The van der Waals surface area contributed by atoms with Crippen LogP contribution in [0.2, 0.25) is 0 Å². The molecule has 0 bridgehead atoms. The maximum atomic E-state index is 11.0. The lowest BCUT2D eigenvalue weighted by Crippen LogP contribution is -2.07. The van der Waals surface area contributed by atoms with Crippen molar-refractivity contribution in [1.29, 1.82) is 5.26 Å². The second-order valence-corrected chi connectivity index (χ2v) is 3.75. The molecule has 68 valence electrons. The van der Waals surface area contributed by atoms with E-state index in [-0.39, 0.29) is 0 Å². The SMILES string of the molecule is CCS(=O)Nc1ccc(C#N)cn1. The molecule has 1 rings (SSSR count). The van der Waals surface area contributed by atoms with Crippen LogP contribution in [0.25, 0.3) is 0 Å². The highest BCUT2D eigenvalue weighted by Crippen LogP contribution is 2.04. The van der Waals surface area contributed by atoms with Crippen molar-refractivity contribution >= 4 is 16.8 Å². The Kier molecular flexibility index (Phi) is 3.41. The predicted molar refractivity (Wildman–Crippen MR) is 51.3 cm³/mol. The van der Waals surface area contributed by atoms with Crippen LogP contribution in [-0.2, 0) is 11.0 Å². The minimum absolute atomic E-state index is 0.493. The third-order valence-corrected chi connectivity index (χ3v) is 2.33. The minimum atomic E-state index is -1.08. The Morgan fingerprint density at radius 1 is 1.69 bits per heavy atom. The van der Waals surface area contributed by atoms with Crippen LogP contribution >= 0.6 is 0 Å². The predicted octanol–water partition coefficient (Wildman–Crippen LogP) is 1.05. The van der Waals surface area contributed by atoms with Gasteiger partial charge in [0.05, 0.1) is 5.56 Å². The van der Waals surface area contributed by atoms with Crippen molar-refractivity contribution in [3.05, 3.63) is 23.9 Å². The first kappa shape index (κ1) is 9.68. The fourth-order valence-electron chi connectivity index (χ4n) is 0.709. The van der Waals surface area contributed by atoms with E-state index in [0.29, 0.717) is 17.1 Å². The van der Waals surface area contributed by atoms with E-state index in [2.05, 4.69) is 9.71 Å². The maximum absolute atomic E-state index is 11.0. The minimum Gasteiger partial charge on any atom is -0.289 e. The van der Waals surface area contributed by atoms with Crippen molar-refractivity contribution in [2.75, 3.05) is 10.5 Å². The van der Waals surface area contributed by atoms with Gasteiger partial charge in [-0.3, -0.25) is 4.72 Å². The van der Waals surface area contributed by atoms with Gasteiger partial charge in [0.1, 0.15) is 22.9 Å². The maximum Gasteiger partial charge on any atom is 0.137 e. The summed E-state index contributed by atoms with van der Waals surface area (Å²) in [5.74, 6) is 1.06. The topological polar surface area (TPSA) is 65.8 Å². The molecule has 0 aromatic carbocycles. The fourth-order valence-corrected chi connectivity index (χ4v) is 1.21. The zero-order chi connectivity index (χ0) is 9.68. The summed E-state index contributed by atoms with van der Waals surface area (Å²) in [6.07, 6.45) is 1.44. The Hall–Kier alpha value is -1.41. The van der Waals surface area contributed by atoms with Crippen molar-refractivity contribution in [2.45, 2.75) is 6.92 Å². The van der Waals surface area contributed by atoms with Crippen LogP contribution in [0, 0.1) is 11.3 Å². The van der Waals surface area contributed by atoms with Gasteiger partial charge in [-0.15, -0.1) is 0 Å². The Morgan fingerprint density at radius 3 is 2.92 bits per heavy atom. The van der Waals surface area contributed by atoms with Gasteiger partial charge in [0.25, 0.3) is 0 Å². The lowest BCUT2D eigenvalue weighted by molar-refractivity contribution is 0.687. The number of hydrogen-bond donors (Lipinski definition) is 1. The monoisotopic (exact) mass is 195 g/mol. The Labute approximate surface area is 79.2 Å². The number of nitrogens with zero attached hydrogens (tertiary/aromatic N) is 2. The van der Waals surface area contributed by atoms with Gasteiger partial charge >= 0.3 is 0 Å². The lowest BCUT2D eigenvalue weighted by atomic mass is 10.3. The zero-order valence-corrected chi connectivity index (χ0v) is 7.97. The van der Waals surface area contributed by atoms with Crippen LogP contribution in [0.1, 0.15) is 12.5 Å². The highest BCUT2D eigenvalue weighted by atomic mass is 32.2. The molecular weight excluding hydrogens is 186 g/mol. The van der Waals surface area contributed by atoms with Crippen LogP contribution in [0.3, 0.4) is 0 Å². The highest BCUT2D eigenvalue weighted by Gasteiger charge is 1.97. The molecule has 0 aliphatic rings. The van der Waals surface area contributed by atoms with Gasteiger partial charge in [0.15, 0.2) is 0 Å². The number of pyridine rings is 1. The van der Waals surface area contributed by atoms with Crippen molar-refractivity contribution in [3.63, 3.8) is 0 Å². The molecule has 0 saturated heterocycles. The molecule has 1 atom stereocenters. The van der Waals surface area contributed by atoms with Gasteiger partial charge < -0.3 is 0 Å². The molecule has 13 heavy (non-hydrogen) atoms. The molecule has 4 nitrogen and oxygen atoms in total. The molecule has 0 aliphatic carbocycles. The van der Waals surface area contributed by atoms with Gasteiger partial charge in [0, 0.05) is 11.9 Å². The molecule has 1 heterocycles. The molecule has 0 radical (unpaired) electrons. The number of rotatable bonds is 3. The van der Waals surface area contributed by atoms with Gasteiger partial charge in [-0.25, -0.2) is 9.19 Å². The molecule has 0 amide bonds. The second kappa shape index (κ2) is 4.58. The molecule has 1 unspecified atom stereocenters.